The lowest BCUT2D eigenvalue weighted by Gasteiger charge is -2.17. The van der Waals surface area contributed by atoms with Gasteiger partial charge in [0.15, 0.2) is 0 Å². The van der Waals surface area contributed by atoms with Gasteiger partial charge in [-0.15, -0.1) is 12.4 Å². The number of aromatic hydroxyl groups is 1. The summed E-state index contributed by atoms with van der Waals surface area (Å²) in [6.07, 6.45) is 6.09. The van der Waals surface area contributed by atoms with E-state index in [9.17, 15) is 5.11 Å². The molecular formula is C21H30ClNOS. The van der Waals surface area contributed by atoms with Crippen LogP contribution in [-0.4, -0.2) is 11.7 Å². The molecule has 1 aliphatic rings. The van der Waals surface area contributed by atoms with Crippen molar-refractivity contribution in [2.45, 2.75) is 63.9 Å². The molecule has 25 heavy (non-hydrogen) atoms. The monoisotopic (exact) mass is 379 g/mol. The van der Waals surface area contributed by atoms with Crippen LogP contribution in [0.2, 0.25) is 0 Å². The molecule has 2 nitrogen and oxygen atoms in total. The molecule has 0 saturated heterocycles. The van der Waals surface area contributed by atoms with Crippen molar-refractivity contribution in [1.29, 1.82) is 0 Å². The van der Waals surface area contributed by atoms with Crippen molar-refractivity contribution in [3.8, 4) is 5.75 Å². The molecule has 0 aliphatic carbocycles. The average molecular weight is 380 g/mol. The third-order valence-corrected chi connectivity index (χ3v) is 7.36. The molecule has 2 atom stereocenters. The van der Waals surface area contributed by atoms with E-state index >= 15 is 0 Å². The molecule has 0 amide bonds. The molecule has 0 radical (unpaired) electrons. The summed E-state index contributed by atoms with van der Waals surface area (Å²) in [7, 11) is 0.0748. The van der Waals surface area contributed by atoms with Gasteiger partial charge in [-0.25, -0.2) is 0 Å². The van der Waals surface area contributed by atoms with E-state index in [4.69, 9.17) is 4.36 Å². The van der Waals surface area contributed by atoms with E-state index in [1.165, 1.54) is 48.6 Å². The first-order valence-corrected chi connectivity index (χ1v) is 10.7. The summed E-state index contributed by atoms with van der Waals surface area (Å²) >= 11 is 0. The number of phenols is 1. The van der Waals surface area contributed by atoms with Gasteiger partial charge < -0.3 is 5.11 Å². The van der Waals surface area contributed by atoms with Crippen LogP contribution in [0.4, 0.5) is 0 Å². The largest absolute Gasteiger partial charge is 0.507 e. The van der Waals surface area contributed by atoms with Crippen LogP contribution in [0.1, 0.15) is 67.9 Å². The molecule has 0 fully saturated rings. The van der Waals surface area contributed by atoms with Crippen molar-refractivity contribution in [1.82, 2.24) is 0 Å². The third kappa shape index (κ3) is 3.88. The lowest BCUT2D eigenvalue weighted by Crippen LogP contribution is -2.02. The van der Waals surface area contributed by atoms with E-state index in [1.54, 1.807) is 0 Å². The van der Waals surface area contributed by atoms with E-state index in [0.717, 1.165) is 23.2 Å². The first-order chi connectivity index (χ1) is 11.7. The molecule has 0 bridgehead atoms. The minimum absolute atomic E-state index is 0. The molecule has 2 aromatic rings. The molecule has 0 spiro atoms. The molecule has 3 rings (SSSR count). The number of benzene rings is 2. The Morgan fingerprint density at radius 1 is 1.12 bits per heavy atom. The zero-order valence-corrected chi connectivity index (χ0v) is 17.2. The minimum atomic E-state index is 0. The molecule has 1 aliphatic heterocycles. The lowest BCUT2D eigenvalue weighted by atomic mass is 9.91. The Labute approximate surface area is 160 Å². The zero-order chi connectivity index (χ0) is 17.1. The summed E-state index contributed by atoms with van der Waals surface area (Å²) in [5, 5.41) is 13.5. The van der Waals surface area contributed by atoms with Crippen molar-refractivity contribution in [2.75, 3.05) is 6.54 Å². The van der Waals surface area contributed by atoms with Crippen molar-refractivity contribution in [3.05, 3.63) is 41.0 Å². The first-order valence-electron chi connectivity index (χ1n) is 9.29. The normalized spacial score (nSPS) is 19.2. The second kappa shape index (κ2) is 9.05. The highest BCUT2D eigenvalue weighted by Gasteiger charge is 2.31. The summed E-state index contributed by atoms with van der Waals surface area (Å²) in [6, 6.07) is 8.36. The lowest BCUT2D eigenvalue weighted by molar-refractivity contribution is 0.477. The molecule has 4 heteroatoms. The van der Waals surface area contributed by atoms with Gasteiger partial charge in [0.05, 0.1) is 0 Å². The third-order valence-electron chi connectivity index (χ3n) is 5.14. The smallest absolute Gasteiger partial charge is 0.126 e. The second-order valence-corrected chi connectivity index (χ2v) is 8.71. The quantitative estimate of drug-likeness (QED) is 0.561. The number of rotatable bonds is 6. The number of nitrogens with zero attached hydrogens (tertiary/aromatic N) is 1. The number of phenolic OH excluding ortho intramolecular Hbond substituents is 1. The van der Waals surface area contributed by atoms with Gasteiger partial charge in [0, 0.05) is 22.9 Å². The summed E-state index contributed by atoms with van der Waals surface area (Å²) in [5.74, 6) is 1.50. The van der Waals surface area contributed by atoms with Crippen LogP contribution in [-0.2, 0) is 16.4 Å². The van der Waals surface area contributed by atoms with Crippen molar-refractivity contribution in [2.24, 2.45) is 4.36 Å². The van der Waals surface area contributed by atoms with Gasteiger partial charge in [-0.05, 0) is 41.8 Å². The van der Waals surface area contributed by atoms with Gasteiger partial charge in [0.25, 0.3) is 0 Å². The van der Waals surface area contributed by atoms with Crippen LogP contribution in [0.5, 0.6) is 5.75 Å². The number of unbranched alkanes of at least 4 members (excludes halogenated alkanes) is 2. The maximum Gasteiger partial charge on any atom is 0.126 e. The Balaban J connectivity index is 0.00000225. The van der Waals surface area contributed by atoms with Gasteiger partial charge in [0.2, 0.25) is 0 Å². The van der Waals surface area contributed by atoms with Crippen LogP contribution in [0.3, 0.4) is 0 Å². The summed E-state index contributed by atoms with van der Waals surface area (Å²) in [4.78, 5) is 0. The van der Waals surface area contributed by atoms with Crippen LogP contribution in [0, 0.1) is 6.92 Å². The second-order valence-electron chi connectivity index (χ2n) is 6.79. The maximum atomic E-state index is 10.7. The predicted octanol–water partition coefficient (Wildman–Crippen LogP) is 6.62. The Hall–Kier alpha value is -1.06. The molecule has 0 aromatic heterocycles. The molecule has 0 saturated carbocycles. The molecule has 1 N–H and O–H groups in total. The Morgan fingerprint density at radius 3 is 2.48 bits per heavy atom. The highest BCUT2D eigenvalue weighted by molar-refractivity contribution is 7.87. The van der Waals surface area contributed by atoms with Crippen molar-refractivity contribution < 1.29 is 5.11 Å². The minimum Gasteiger partial charge on any atom is -0.507 e. The van der Waals surface area contributed by atoms with Gasteiger partial charge in [-0.3, -0.25) is 4.36 Å². The Morgan fingerprint density at radius 2 is 1.80 bits per heavy atom. The van der Waals surface area contributed by atoms with Gasteiger partial charge in [0.1, 0.15) is 5.75 Å². The van der Waals surface area contributed by atoms with E-state index in [-0.39, 0.29) is 23.1 Å². The van der Waals surface area contributed by atoms with Crippen molar-refractivity contribution in [3.63, 3.8) is 0 Å². The van der Waals surface area contributed by atoms with E-state index in [0.29, 0.717) is 11.0 Å². The number of hydrogen-bond donors (Lipinski definition) is 1. The fraction of sp³-hybridized carbons (Fsp3) is 0.524. The summed E-state index contributed by atoms with van der Waals surface area (Å²) in [5.41, 5.74) is 3.93. The first kappa shape index (κ1) is 20.3. The van der Waals surface area contributed by atoms with Crippen LogP contribution >= 0.6 is 12.4 Å². The van der Waals surface area contributed by atoms with Crippen LogP contribution in [0.25, 0.3) is 10.8 Å². The molecule has 2 unspecified atom stereocenters. The number of fused-ring (bicyclic) bond motifs is 3. The highest BCUT2D eigenvalue weighted by Crippen LogP contribution is 2.47. The Bertz CT molecular complexity index is 772. The molecular weight excluding hydrogens is 350 g/mol. The number of hydrogen-bond acceptors (Lipinski definition) is 2. The maximum absolute atomic E-state index is 10.7. The van der Waals surface area contributed by atoms with Crippen molar-refractivity contribution >= 4 is 33.9 Å². The van der Waals surface area contributed by atoms with Gasteiger partial charge >= 0.3 is 0 Å². The van der Waals surface area contributed by atoms with Crippen LogP contribution < -0.4 is 0 Å². The van der Waals surface area contributed by atoms with Gasteiger partial charge in [-0.2, -0.15) is 0 Å². The number of halogens is 1. The van der Waals surface area contributed by atoms with E-state index < -0.39 is 0 Å². The fourth-order valence-corrected chi connectivity index (χ4v) is 6.20. The topological polar surface area (TPSA) is 32.6 Å². The standard InChI is InChI=1S/C21H29NOS.ClH/c1-4-6-12-19-20-16-10-8-9-11-17(16)21(23)15(3)18(20)14-24(19)22-13-7-5-2;/h8-11,19,23H,4-7,12-14H2,1-3H3;1H. The average Bonchev–Trinajstić information content (AvgIpc) is 2.97. The van der Waals surface area contributed by atoms with E-state index in [1.807, 2.05) is 6.07 Å². The highest BCUT2D eigenvalue weighted by atomic mass is 35.5. The molecule has 1 heterocycles. The summed E-state index contributed by atoms with van der Waals surface area (Å²) in [6.45, 7) is 7.56. The Kier molecular flexibility index (Phi) is 7.33. The molecule has 2 aromatic carbocycles. The summed E-state index contributed by atoms with van der Waals surface area (Å²) < 4.78 is 5.09. The van der Waals surface area contributed by atoms with Gasteiger partial charge in [-0.1, -0.05) is 68.1 Å². The van der Waals surface area contributed by atoms with Crippen LogP contribution in [0.15, 0.2) is 28.6 Å². The fourth-order valence-electron chi connectivity index (χ4n) is 3.72. The molecule has 138 valence electrons. The SMILES string of the molecule is CCCCN=S1Cc2c(C)c(O)c3ccccc3c2C1CCCC.Cl. The zero-order valence-electron chi connectivity index (χ0n) is 15.5. The predicted molar refractivity (Wildman–Crippen MR) is 113 cm³/mol. The van der Waals surface area contributed by atoms with E-state index in [2.05, 4.69) is 39.0 Å².